The van der Waals surface area contributed by atoms with Gasteiger partial charge >= 0.3 is 0 Å². The number of rotatable bonds is 3. The van der Waals surface area contributed by atoms with E-state index in [1.165, 1.54) is 0 Å². The van der Waals surface area contributed by atoms with Gasteiger partial charge in [0.2, 0.25) is 0 Å². The van der Waals surface area contributed by atoms with E-state index in [-0.39, 0.29) is 11.8 Å². The summed E-state index contributed by atoms with van der Waals surface area (Å²) in [6.45, 7) is 7.95. The average molecular weight is 354 g/mol. The van der Waals surface area contributed by atoms with Gasteiger partial charge < -0.3 is 5.32 Å². The second kappa shape index (κ2) is 6.01. The lowest BCUT2D eigenvalue weighted by molar-refractivity contribution is 0.102. The number of carbonyl (C=O) groups is 1. The molecule has 0 aliphatic heterocycles. The molecule has 0 spiro atoms. The Bertz CT molecular complexity index is 629. The fourth-order valence-electron chi connectivity index (χ4n) is 2.01. The Morgan fingerprint density at radius 3 is 2.45 bits per heavy atom. The first kappa shape index (κ1) is 15.1. The highest BCUT2D eigenvalue weighted by molar-refractivity contribution is 9.10. The monoisotopic (exact) mass is 353 g/mol. The summed E-state index contributed by atoms with van der Waals surface area (Å²) in [5.74, 6) is 0.0406. The number of aryl methyl sites for hydroxylation is 2. The molecule has 1 N–H and O–H groups in total. The van der Waals surface area contributed by atoms with E-state index >= 15 is 0 Å². The second-order valence-corrected chi connectivity index (χ2v) is 6.68. The quantitative estimate of drug-likeness (QED) is 0.894. The normalized spacial score (nSPS) is 10.9. The van der Waals surface area contributed by atoms with E-state index < -0.39 is 0 Å². The van der Waals surface area contributed by atoms with Gasteiger partial charge in [-0.2, -0.15) is 0 Å². The maximum absolute atomic E-state index is 12.4. The van der Waals surface area contributed by atoms with Gasteiger partial charge in [0.15, 0.2) is 0 Å². The Kier molecular flexibility index (Phi) is 4.55. The summed E-state index contributed by atoms with van der Waals surface area (Å²) < 4.78 is 4.90. The number of aromatic nitrogens is 2. The van der Waals surface area contributed by atoms with Crippen LogP contribution in [-0.2, 0) is 0 Å². The zero-order valence-electron chi connectivity index (χ0n) is 11.8. The SMILES string of the molecule is Cc1cc(Br)cc(C)c1NC(=O)c1snnc1C(C)C. The van der Waals surface area contributed by atoms with Crippen molar-refractivity contribution in [1.29, 1.82) is 0 Å². The summed E-state index contributed by atoms with van der Waals surface area (Å²) >= 11 is 4.59. The highest BCUT2D eigenvalue weighted by Crippen LogP contribution is 2.27. The minimum Gasteiger partial charge on any atom is -0.321 e. The Morgan fingerprint density at radius 1 is 1.30 bits per heavy atom. The van der Waals surface area contributed by atoms with Crippen LogP contribution in [0.4, 0.5) is 5.69 Å². The Balaban J connectivity index is 2.31. The molecule has 2 aromatic rings. The number of halogens is 1. The lowest BCUT2D eigenvalue weighted by Gasteiger charge is -2.12. The van der Waals surface area contributed by atoms with Crippen molar-refractivity contribution in [3.63, 3.8) is 0 Å². The van der Waals surface area contributed by atoms with Crippen LogP contribution in [0.25, 0.3) is 0 Å². The number of anilines is 1. The molecule has 0 aliphatic carbocycles. The molecule has 0 aliphatic rings. The smallest absolute Gasteiger partial charge is 0.269 e. The molecule has 0 unspecified atom stereocenters. The van der Waals surface area contributed by atoms with Crippen LogP contribution in [0, 0.1) is 13.8 Å². The number of amides is 1. The molecule has 0 atom stereocenters. The van der Waals surface area contributed by atoms with Crippen molar-refractivity contribution in [1.82, 2.24) is 9.59 Å². The Morgan fingerprint density at radius 2 is 1.90 bits per heavy atom. The van der Waals surface area contributed by atoms with Gasteiger partial charge in [-0.05, 0) is 54.6 Å². The van der Waals surface area contributed by atoms with Crippen molar-refractivity contribution in [2.24, 2.45) is 0 Å². The second-order valence-electron chi connectivity index (χ2n) is 5.01. The predicted octanol–water partition coefficient (Wildman–Crippen LogP) is 4.29. The van der Waals surface area contributed by atoms with Gasteiger partial charge in [0.05, 0.1) is 5.69 Å². The molecule has 106 valence electrons. The van der Waals surface area contributed by atoms with Crippen LogP contribution in [0.1, 0.15) is 46.3 Å². The molecule has 20 heavy (non-hydrogen) atoms. The molecule has 1 aromatic carbocycles. The third-order valence-electron chi connectivity index (χ3n) is 3.00. The third-order valence-corrected chi connectivity index (χ3v) is 4.20. The third kappa shape index (κ3) is 3.07. The van der Waals surface area contributed by atoms with Crippen LogP contribution >= 0.6 is 27.5 Å². The van der Waals surface area contributed by atoms with Crippen LogP contribution in [0.2, 0.25) is 0 Å². The number of hydrogen-bond donors (Lipinski definition) is 1. The van der Waals surface area contributed by atoms with Crippen LogP contribution in [0.15, 0.2) is 16.6 Å². The summed E-state index contributed by atoms with van der Waals surface area (Å²) in [7, 11) is 0. The van der Waals surface area contributed by atoms with E-state index in [2.05, 4.69) is 30.8 Å². The molecule has 0 bridgehead atoms. The lowest BCUT2D eigenvalue weighted by atomic mass is 10.1. The summed E-state index contributed by atoms with van der Waals surface area (Å²) in [5, 5.41) is 7.01. The van der Waals surface area contributed by atoms with E-state index in [0.717, 1.165) is 38.5 Å². The van der Waals surface area contributed by atoms with Crippen molar-refractivity contribution < 1.29 is 4.79 Å². The van der Waals surface area contributed by atoms with Crippen LogP contribution in [-0.4, -0.2) is 15.5 Å². The summed E-state index contributed by atoms with van der Waals surface area (Å²) in [6, 6.07) is 3.97. The number of carbonyl (C=O) groups excluding carboxylic acids is 1. The number of nitrogens with zero attached hydrogens (tertiary/aromatic N) is 2. The fraction of sp³-hybridized carbons (Fsp3) is 0.357. The molecule has 1 amide bonds. The Labute approximate surface area is 130 Å². The van der Waals surface area contributed by atoms with E-state index in [1.54, 1.807) is 0 Å². The van der Waals surface area contributed by atoms with E-state index in [0.29, 0.717) is 4.88 Å². The highest BCUT2D eigenvalue weighted by Gasteiger charge is 2.19. The molecule has 2 rings (SSSR count). The predicted molar refractivity (Wildman–Crippen MR) is 85.6 cm³/mol. The van der Waals surface area contributed by atoms with Gasteiger partial charge in [-0.25, -0.2) is 0 Å². The van der Waals surface area contributed by atoms with Crippen molar-refractivity contribution in [2.45, 2.75) is 33.6 Å². The van der Waals surface area contributed by atoms with Crippen molar-refractivity contribution >= 4 is 39.1 Å². The number of hydrogen-bond acceptors (Lipinski definition) is 4. The molecule has 4 nitrogen and oxygen atoms in total. The summed E-state index contributed by atoms with van der Waals surface area (Å²) in [4.78, 5) is 13.0. The molecule has 0 fully saturated rings. The van der Waals surface area contributed by atoms with Crippen molar-refractivity contribution in [3.8, 4) is 0 Å². The molecular weight excluding hydrogens is 338 g/mol. The van der Waals surface area contributed by atoms with Crippen LogP contribution < -0.4 is 5.32 Å². The van der Waals surface area contributed by atoms with Gasteiger partial charge in [-0.3, -0.25) is 4.79 Å². The first-order valence-electron chi connectivity index (χ1n) is 6.30. The number of nitrogens with one attached hydrogen (secondary N) is 1. The molecule has 0 radical (unpaired) electrons. The standard InChI is InChI=1S/C14H16BrN3OS/c1-7(2)11-13(20-18-17-11)14(19)16-12-8(3)5-10(15)6-9(12)4/h5-7H,1-4H3,(H,16,19). The van der Waals surface area contributed by atoms with Crippen molar-refractivity contribution in [2.75, 3.05) is 5.32 Å². The zero-order valence-corrected chi connectivity index (χ0v) is 14.2. The molecule has 6 heteroatoms. The van der Waals surface area contributed by atoms with Gasteiger partial charge in [-0.15, -0.1) is 5.10 Å². The van der Waals surface area contributed by atoms with Crippen LogP contribution in [0.3, 0.4) is 0 Å². The largest absolute Gasteiger partial charge is 0.321 e. The maximum Gasteiger partial charge on any atom is 0.269 e. The minimum atomic E-state index is -0.141. The Hall–Kier alpha value is -1.27. The van der Waals surface area contributed by atoms with Gasteiger partial charge in [0.1, 0.15) is 4.88 Å². The molecular formula is C14H16BrN3OS. The van der Waals surface area contributed by atoms with Gasteiger partial charge in [-0.1, -0.05) is 34.3 Å². The van der Waals surface area contributed by atoms with E-state index in [9.17, 15) is 4.79 Å². The maximum atomic E-state index is 12.4. The van der Waals surface area contributed by atoms with Crippen LogP contribution in [0.5, 0.6) is 0 Å². The first-order valence-corrected chi connectivity index (χ1v) is 7.87. The minimum absolute atomic E-state index is 0.141. The summed E-state index contributed by atoms with van der Waals surface area (Å²) in [5.41, 5.74) is 3.64. The van der Waals surface area contributed by atoms with E-state index in [1.807, 2.05) is 39.8 Å². The highest BCUT2D eigenvalue weighted by atomic mass is 79.9. The first-order chi connectivity index (χ1) is 9.40. The van der Waals surface area contributed by atoms with Gasteiger partial charge in [0.25, 0.3) is 5.91 Å². The fourth-order valence-corrected chi connectivity index (χ4v) is 3.41. The van der Waals surface area contributed by atoms with Gasteiger partial charge in [0, 0.05) is 10.2 Å². The zero-order chi connectivity index (χ0) is 14.9. The average Bonchev–Trinajstić information content (AvgIpc) is 2.82. The number of benzene rings is 1. The molecule has 0 saturated heterocycles. The van der Waals surface area contributed by atoms with Crippen molar-refractivity contribution in [3.05, 3.63) is 38.3 Å². The molecule has 1 aromatic heterocycles. The lowest BCUT2D eigenvalue weighted by Crippen LogP contribution is -2.14. The van der Waals surface area contributed by atoms with E-state index in [4.69, 9.17) is 0 Å². The molecule has 1 heterocycles. The topological polar surface area (TPSA) is 54.9 Å². The molecule has 0 saturated carbocycles. The summed E-state index contributed by atoms with van der Waals surface area (Å²) in [6.07, 6.45) is 0.